The van der Waals surface area contributed by atoms with Gasteiger partial charge in [0.2, 0.25) is 15.9 Å². The van der Waals surface area contributed by atoms with Crippen molar-refractivity contribution in [2.75, 3.05) is 13.1 Å². The topological polar surface area (TPSA) is 92.5 Å². The second kappa shape index (κ2) is 5.66. The lowest BCUT2D eigenvalue weighted by molar-refractivity contribution is -0.126. The molecular formula is C12H14FN3O3S2. The van der Waals surface area contributed by atoms with Crippen molar-refractivity contribution in [1.29, 1.82) is 0 Å². The lowest BCUT2D eigenvalue weighted by Crippen LogP contribution is -2.55. The molecule has 3 N–H and O–H groups in total. The number of benzene rings is 1. The van der Waals surface area contributed by atoms with Crippen LogP contribution < -0.4 is 11.1 Å². The Labute approximate surface area is 127 Å². The SMILES string of the molecule is CC1C(=O)NCCN1S(=O)(=O)c1ccc(F)c(C(N)=S)c1. The molecule has 1 aromatic rings. The number of nitrogens with one attached hydrogen (secondary N) is 1. The van der Waals surface area contributed by atoms with Gasteiger partial charge in [0.15, 0.2) is 0 Å². The van der Waals surface area contributed by atoms with Crippen LogP contribution in [0, 0.1) is 5.82 Å². The molecule has 6 nitrogen and oxygen atoms in total. The van der Waals surface area contributed by atoms with Crippen molar-refractivity contribution in [1.82, 2.24) is 9.62 Å². The molecular weight excluding hydrogens is 317 g/mol. The molecule has 1 atom stereocenters. The summed E-state index contributed by atoms with van der Waals surface area (Å²) in [7, 11) is -3.93. The third-order valence-corrected chi connectivity index (χ3v) is 5.44. The minimum absolute atomic E-state index is 0.139. The summed E-state index contributed by atoms with van der Waals surface area (Å²) in [5.74, 6) is -1.06. The predicted octanol–water partition coefficient (Wildman–Crippen LogP) is -0.0311. The number of thiocarbonyl (C=S) groups is 1. The first-order chi connectivity index (χ1) is 9.75. The van der Waals surface area contributed by atoms with Crippen molar-refractivity contribution < 1.29 is 17.6 Å². The number of sulfonamides is 1. The molecule has 0 saturated carbocycles. The highest BCUT2D eigenvalue weighted by atomic mass is 32.2. The molecule has 2 rings (SSSR count). The number of nitrogens with two attached hydrogens (primary N) is 1. The first-order valence-corrected chi connectivity index (χ1v) is 7.99. The molecule has 1 aromatic carbocycles. The van der Waals surface area contributed by atoms with Gasteiger partial charge in [0.1, 0.15) is 16.8 Å². The number of halogens is 1. The summed E-state index contributed by atoms with van der Waals surface area (Å²) in [4.78, 5) is 11.2. The Kier molecular flexibility index (Phi) is 4.26. The number of piperazine rings is 1. The van der Waals surface area contributed by atoms with Crippen LogP contribution in [0.5, 0.6) is 0 Å². The largest absolute Gasteiger partial charge is 0.389 e. The van der Waals surface area contributed by atoms with Gasteiger partial charge in [-0.05, 0) is 25.1 Å². The van der Waals surface area contributed by atoms with Crippen molar-refractivity contribution in [3.05, 3.63) is 29.6 Å². The van der Waals surface area contributed by atoms with Crippen LogP contribution in [0.2, 0.25) is 0 Å². The van der Waals surface area contributed by atoms with Crippen LogP contribution in [0.25, 0.3) is 0 Å². The van der Waals surface area contributed by atoms with E-state index in [0.717, 1.165) is 22.5 Å². The summed E-state index contributed by atoms with van der Waals surface area (Å²) in [6, 6.07) is 2.38. The Bertz CT molecular complexity index is 706. The molecule has 1 aliphatic heterocycles. The molecule has 0 aromatic heterocycles. The molecule has 1 fully saturated rings. The summed E-state index contributed by atoms with van der Waals surface area (Å²) < 4.78 is 39.8. The van der Waals surface area contributed by atoms with Crippen molar-refractivity contribution in [2.24, 2.45) is 5.73 Å². The van der Waals surface area contributed by atoms with E-state index >= 15 is 0 Å². The molecule has 9 heteroatoms. The fourth-order valence-electron chi connectivity index (χ4n) is 2.08. The summed E-state index contributed by atoms with van der Waals surface area (Å²) in [5, 5.41) is 2.58. The van der Waals surface area contributed by atoms with Gasteiger partial charge in [-0.1, -0.05) is 12.2 Å². The highest BCUT2D eigenvalue weighted by Crippen LogP contribution is 2.22. The average Bonchev–Trinajstić information content (AvgIpc) is 2.41. The first-order valence-electron chi connectivity index (χ1n) is 6.14. The van der Waals surface area contributed by atoms with E-state index in [-0.39, 0.29) is 34.4 Å². The van der Waals surface area contributed by atoms with Gasteiger partial charge in [-0.15, -0.1) is 0 Å². The quantitative estimate of drug-likeness (QED) is 0.759. The smallest absolute Gasteiger partial charge is 0.243 e. The van der Waals surface area contributed by atoms with Crippen molar-refractivity contribution >= 4 is 33.1 Å². The van der Waals surface area contributed by atoms with E-state index < -0.39 is 21.9 Å². The number of amides is 1. The van der Waals surface area contributed by atoms with Gasteiger partial charge in [0.05, 0.1) is 4.90 Å². The lowest BCUT2D eigenvalue weighted by atomic mass is 10.2. The van der Waals surface area contributed by atoms with E-state index in [4.69, 9.17) is 18.0 Å². The van der Waals surface area contributed by atoms with E-state index in [1.807, 2.05) is 0 Å². The van der Waals surface area contributed by atoms with Gasteiger partial charge in [-0.25, -0.2) is 12.8 Å². The molecule has 1 unspecified atom stereocenters. The monoisotopic (exact) mass is 331 g/mol. The molecule has 1 heterocycles. The van der Waals surface area contributed by atoms with Crippen LogP contribution in [0.1, 0.15) is 12.5 Å². The Balaban J connectivity index is 2.47. The average molecular weight is 331 g/mol. The zero-order valence-corrected chi connectivity index (χ0v) is 12.8. The van der Waals surface area contributed by atoms with E-state index in [9.17, 15) is 17.6 Å². The van der Waals surface area contributed by atoms with Gasteiger partial charge in [0, 0.05) is 18.7 Å². The second-order valence-corrected chi connectivity index (χ2v) is 6.92. The Hall–Kier alpha value is -1.58. The molecule has 0 radical (unpaired) electrons. The van der Waals surface area contributed by atoms with Crippen LogP contribution in [0.4, 0.5) is 4.39 Å². The molecule has 1 amide bonds. The highest BCUT2D eigenvalue weighted by Gasteiger charge is 2.35. The summed E-state index contributed by atoms with van der Waals surface area (Å²) in [6.07, 6.45) is 0. The maximum Gasteiger partial charge on any atom is 0.243 e. The fourth-order valence-corrected chi connectivity index (χ4v) is 3.86. The number of hydrogen-bond donors (Lipinski definition) is 2. The Morgan fingerprint density at radius 3 is 2.81 bits per heavy atom. The van der Waals surface area contributed by atoms with Gasteiger partial charge in [0.25, 0.3) is 0 Å². The second-order valence-electron chi connectivity index (χ2n) is 4.59. The maximum absolute atomic E-state index is 13.5. The van der Waals surface area contributed by atoms with Crippen molar-refractivity contribution in [2.45, 2.75) is 17.9 Å². The number of carbonyl (C=O) groups is 1. The molecule has 0 bridgehead atoms. The fraction of sp³-hybridized carbons (Fsp3) is 0.333. The van der Waals surface area contributed by atoms with Crippen LogP contribution in [-0.2, 0) is 14.8 Å². The molecule has 0 spiro atoms. The molecule has 1 aliphatic rings. The normalized spacial score (nSPS) is 20.1. The molecule has 1 saturated heterocycles. The van der Waals surface area contributed by atoms with Crippen molar-refractivity contribution in [3.63, 3.8) is 0 Å². The zero-order chi connectivity index (χ0) is 15.8. The predicted molar refractivity (Wildman–Crippen MR) is 78.7 cm³/mol. The van der Waals surface area contributed by atoms with E-state index in [2.05, 4.69) is 5.32 Å². The molecule has 114 valence electrons. The minimum Gasteiger partial charge on any atom is -0.389 e. The van der Waals surface area contributed by atoms with Gasteiger partial charge >= 0.3 is 0 Å². The summed E-state index contributed by atoms with van der Waals surface area (Å²) >= 11 is 4.70. The van der Waals surface area contributed by atoms with Crippen LogP contribution in [0.15, 0.2) is 23.1 Å². The first kappa shape index (κ1) is 15.8. The number of carbonyl (C=O) groups excluding carboxylic acids is 1. The van der Waals surface area contributed by atoms with Crippen LogP contribution in [-0.4, -0.2) is 42.8 Å². The van der Waals surface area contributed by atoms with E-state index in [1.54, 1.807) is 0 Å². The zero-order valence-electron chi connectivity index (χ0n) is 11.2. The number of hydrogen-bond acceptors (Lipinski definition) is 4. The standard InChI is InChI=1S/C12H14FN3O3S2/c1-7-12(17)15-4-5-16(7)21(18,19)8-2-3-10(13)9(6-8)11(14)20/h2-3,6-7H,4-5H2,1H3,(H2,14,20)(H,15,17). The third-order valence-electron chi connectivity index (χ3n) is 3.25. The van der Waals surface area contributed by atoms with Gasteiger partial charge in [-0.3, -0.25) is 4.79 Å². The number of nitrogens with zero attached hydrogens (tertiary/aromatic N) is 1. The molecule has 0 aliphatic carbocycles. The molecule has 21 heavy (non-hydrogen) atoms. The van der Waals surface area contributed by atoms with Gasteiger partial charge in [-0.2, -0.15) is 4.31 Å². The summed E-state index contributed by atoms with van der Waals surface area (Å²) in [6.45, 7) is 1.87. The van der Waals surface area contributed by atoms with Crippen LogP contribution in [0.3, 0.4) is 0 Å². The number of rotatable bonds is 3. The highest BCUT2D eigenvalue weighted by molar-refractivity contribution is 7.89. The maximum atomic E-state index is 13.5. The van der Waals surface area contributed by atoms with Gasteiger partial charge < -0.3 is 11.1 Å². The van der Waals surface area contributed by atoms with Crippen molar-refractivity contribution in [3.8, 4) is 0 Å². The Morgan fingerprint density at radius 1 is 1.52 bits per heavy atom. The van der Waals surface area contributed by atoms with E-state index in [1.165, 1.54) is 6.92 Å². The third kappa shape index (κ3) is 2.89. The lowest BCUT2D eigenvalue weighted by Gasteiger charge is -2.31. The minimum atomic E-state index is -3.93. The van der Waals surface area contributed by atoms with E-state index in [0.29, 0.717) is 0 Å². The Morgan fingerprint density at radius 2 is 2.19 bits per heavy atom. The van der Waals surface area contributed by atoms with Crippen LogP contribution >= 0.6 is 12.2 Å². The summed E-state index contributed by atoms with van der Waals surface area (Å²) in [5.41, 5.74) is 5.23.